The number of carbonyl (C=O) groups excluding carboxylic acids is 2. The van der Waals surface area contributed by atoms with Gasteiger partial charge in [0, 0.05) is 18.8 Å². The van der Waals surface area contributed by atoms with Crippen molar-refractivity contribution >= 4 is 23.7 Å². The second-order valence-electron chi connectivity index (χ2n) is 7.38. The smallest absolute Gasteiger partial charge is 0.411 e. The van der Waals surface area contributed by atoms with Crippen molar-refractivity contribution in [3.05, 3.63) is 35.9 Å². The first-order valence-electron chi connectivity index (χ1n) is 9.54. The van der Waals surface area contributed by atoms with E-state index in [0.29, 0.717) is 18.8 Å². The van der Waals surface area contributed by atoms with Gasteiger partial charge in [0.1, 0.15) is 11.6 Å². The maximum Gasteiger partial charge on any atom is 0.411 e. The Morgan fingerprint density at radius 3 is 2.33 bits per heavy atom. The van der Waals surface area contributed by atoms with E-state index in [1.807, 2.05) is 51.1 Å². The van der Waals surface area contributed by atoms with Crippen LogP contribution in [0, 0.1) is 0 Å². The molecule has 0 saturated heterocycles. The zero-order valence-corrected chi connectivity index (χ0v) is 17.6. The van der Waals surface area contributed by atoms with Crippen LogP contribution in [0.4, 0.5) is 4.79 Å². The molecule has 0 N–H and O–H groups in total. The first-order valence-corrected chi connectivity index (χ1v) is 10.1. The average Bonchev–Trinajstić information content (AvgIpc) is 2.60. The molecule has 6 heteroatoms. The van der Waals surface area contributed by atoms with Crippen LogP contribution in [0.25, 0.3) is 0 Å². The molecular weight excluding hydrogens is 366 g/mol. The summed E-state index contributed by atoms with van der Waals surface area (Å²) < 4.78 is 10.8. The number of rotatable bonds is 10. The molecule has 0 bridgehead atoms. The van der Waals surface area contributed by atoms with Gasteiger partial charge in [0.2, 0.25) is 0 Å². The Kier molecular flexibility index (Phi) is 10.2. The van der Waals surface area contributed by atoms with E-state index in [4.69, 9.17) is 21.1 Å². The van der Waals surface area contributed by atoms with Gasteiger partial charge in [0.05, 0.1) is 6.61 Å². The summed E-state index contributed by atoms with van der Waals surface area (Å²) >= 11 is 5.75. The SMILES string of the molecule is CCOC(=O)[C@H](Cc1ccccc1)N(CCCCCCl)C(=O)OC(C)(C)C. The molecule has 0 saturated carbocycles. The predicted molar refractivity (Wildman–Crippen MR) is 108 cm³/mol. The van der Waals surface area contributed by atoms with Crippen molar-refractivity contribution in [2.75, 3.05) is 19.0 Å². The van der Waals surface area contributed by atoms with Crippen molar-refractivity contribution in [3.63, 3.8) is 0 Å². The van der Waals surface area contributed by atoms with Crippen LogP contribution in [0.3, 0.4) is 0 Å². The number of halogens is 1. The number of ether oxygens (including phenoxy) is 2. The number of alkyl halides is 1. The van der Waals surface area contributed by atoms with E-state index >= 15 is 0 Å². The number of amides is 1. The summed E-state index contributed by atoms with van der Waals surface area (Å²) in [5, 5.41) is 0. The number of hydrogen-bond donors (Lipinski definition) is 0. The van der Waals surface area contributed by atoms with Gasteiger partial charge in [-0.3, -0.25) is 4.90 Å². The first-order chi connectivity index (χ1) is 12.8. The van der Waals surface area contributed by atoms with Gasteiger partial charge >= 0.3 is 12.1 Å². The van der Waals surface area contributed by atoms with E-state index in [1.165, 1.54) is 4.90 Å². The fourth-order valence-corrected chi connectivity index (χ4v) is 2.83. The van der Waals surface area contributed by atoms with Gasteiger partial charge in [-0.05, 0) is 46.1 Å². The zero-order chi connectivity index (χ0) is 20.3. The van der Waals surface area contributed by atoms with Crippen LogP contribution in [-0.2, 0) is 20.7 Å². The van der Waals surface area contributed by atoms with E-state index in [1.54, 1.807) is 6.92 Å². The van der Waals surface area contributed by atoms with Gasteiger partial charge in [-0.1, -0.05) is 36.8 Å². The van der Waals surface area contributed by atoms with Crippen LogP contribution in [0.15, 0.2) is 30.3 Å². The number of hydrogen-bond acceptors (Lipinski definition) is 4. The lowest BCUT2D eigenvalue weighted by Crippen LogP contribution is -2.49. The largest absolute Gasteiger partial charge is 0.464 e. The summed E-state index contributed by atoms with van der Waals surface area (Å²) in [4.78, 5) is 27.0. The maximum absolute atomic E-state index is 12.8. The third-order valence-electron chi connectivity index (χ3n) is 3.87. The molecule has 0 aliphatic heterocycles. The summed E-state index contributed by atoms with van der Waals surface area (Å²) in [7, 11) is 0. The minimum absolute atomic E-state index is 0.262. The Labute approximate surface area is 168 Å². The molecule has 0 aliphatic carbocycles. The molecule has 1 atom stereocenters. The third-order valence-corrected chi connectivity index (χ3v) is 4.13. The standard InChI is InChI=1S/C21H32ClNO4/c1-5-26-19(24)18(16-17-12-8-6-9-13-17)23(15-11-7-10-14-22)20(25)27-21(2,3)4/h6,8-9,12-13,18H,5,7,10-11,14-16H2,1-4H3/t18-/m0/s1. The van der Waals surface area contributed by atoms with Crippen LogP contribution in [0.5, 0.6) is 0 Å². The number of esters is 1. The molecule has 27 heavy (non-hydrogen) atoms. The Morgan fingerprint density at radius 1 is 1.11 bits per heavy atom. The number of unbranched alkanes of at least 4 members (excludes halogenated alkanes) is 2. The summed E-state index contributed by atoms with van der Waals surface area (Å²) in [5.41, 5.74) is 0.321. The molecule has 1 amide bonds. The second kappa shape index (κ2) is 11.9. The third kappa shape index (κ3) is 9.14. The van der Waals surface area contributed by atoms with Gasteiger partial charge in [-0.15, -0.1) is 11.6 Å². The zero-order valence-electron chi connectivity index (χ0n) is 16.9. The molecule has 152 valence electrons. The van der Waals surface area contributed by atoms with Crippen LogP contribution < -0.4 is 0 Å². The summed E-state index contributed by atoms with van der Waals surface area (Å²) in [6, 6.07) is 8.89. The Morgan fingerprint density at radius 2 is 1.78 bits per heavy atom. The molecule has 0 spiro atoms. The second-order valence-corrected chi connectivity index (χ2v) is 7.76. The number of nitrogens with zero attached hydrogens (tertiary/aromatic N) is 1. The van der Waals surface area contributed by atoms with Crippen LogP contribution >= 0.6 is 11.6 Å². The minimum atomic E-state index is -0.724. The fourth-order valence-electron chi connectivity index (χ4n) is 2.64. The summed E-state index contributed by atoms with van der Waals surface area (Å²) in [6.45, 7) is 7.88. The molecule has 1 aromatic carbocycles. The van der Waals surface area contributed by atoms with Crippen molar-refractivity contribution < 1.29 is 19.1 Å². The van der Waals surface area contributed by atoms with Crippen LogP contribution in [0.1, 0.15) is 52.5 Å². The van der Waals surface area contributed by atoms with Crippen molar-refractivity contribution in [2.24, 2.45) is 0 Å². The van der Waals surface area contributed by atoms with Crippen molar-refractivity contribution in [1.82, 2.24) is 4.90 Å². The molecule has 0 unspecified atom stereocenters. The molecule has 0 fully saturated rings. The number of benzene rings is 1. The molecule has 1 rings (SSSR count). The fraction of sp³-hybridized carbons (Fsp3) is 0.619. The molecule has 5 nitrogen and oxygen atoms in total. The predicted octanol–water partition coefficient (Wildman–Crippen LogP) is 4.81. The van der Waals surface area contributed by atoms with Crippen molar-refractivity contribution in [2.45, 2.75) is 65.0 Å². The lowest BCUT2D eigenvalue weighted by Gasteiger charge is -2.32. The van der Waals surface area contributed by atoms with Gasteiger partial charge in [0.25, 0.3) is 0 Å². The van der Waals surface area contributed by atoms with E-state index < -0.39 is 23.7 Å². The van der Waals surface area contributed by atoms with E-state index in [-0.39, 0.29) is 6.61 Å². The lowest BCUT2D eigenvalue weighted by atomic mass is 10.0. The van der Waals surface area contributed by atoms with Crippen molar-refractivity contribution in [1.29, 1.82) is 0 Å². The highest BCUT2D eigenvalue weighted by molar-refractivity contribution is 6.17. The van der Waals surface area contributed by atoms with E-state index in [9.17, 15) is 9.59 Å². The summed E-state index contributed by atoms with van der Waals surface area (Å²) in [5.74, 6) is 0.169. The van der Waals surface area contributed by atoms with Gasteiger partial charge in [0.15, 0.2) is 0 Å². The van der Waals surface area contributed by atoms with Gasteiger partial charge in [-0.2, -0.15) is 0 Å². The van der Waals surface area contributed by atoms with Crippen LogP contribution in [0.2, 0.25) is 0 Å². The van der Waals surface area contributed by atoms with E-state index in [2.05, 4.69) is 0 Å². The van der Waals surface area contributed by atoms with E-state index in [0.717, 1.165) is 24.8 Å². The first kappa shape index (κ1) is 23.3. The average molecular weight is 398 g/mol. The maximum atomic E-state index is 12.8. The Bertz CT molecular complexity index is 571. The highest BCUT2D eigenvalue weighted by atomic mass is 35.5. The monoisotopic (exact) mass is 397 g/mol. The van der Waals surface area contributed by atoms with Gasteiger partial charge < -0.3 is 9.47 Å². The molecule has 0 radical (unpaired) electrons. The highest BCUT2D eigenvalue weighted by Gasteiger charge is 2.33. The molecule has 1 aromatic rings. The molecule has 0 heterocycles. The van der Waals surface area contributed by atoms with Gasteiger partial charge in [-0.25, -0.2) is 9.59 Å². The van der Waals surface area contributed by atoms with Crippen LogP contribution in [-0.4, -0.2) is 47.6 Å². The molecule has 0 aromatic heterocycles. The number of carbonyl (C=O) groups is 2. The normalized spacial score (nSPS) is 12.3. The molecular formula is C21H32ClNO4. The Hall–Kier alpha value is -1.75. The highest BCUT2D eigenvalue weighted by Crippen LogP contribution is 2.17. The Balaban J connectivity index is 3.05. The lowest BCUT2D eigenvalue weighted by molar-refractivity contribution is -0.149. The van der Waals surface area contributed by atoms with Crippen molar-refractivity contribution in [3.8, 4) is 0 Å². The molecule has 0 aliphatic rings. The summed E-state index contributed by atoms with van der Waals surface area (Å²) in [6.07, 6.45) is 2.38. The topological polar surface area (TPSA) is 55.8 Å². The minimum Gasteiger partial charge on any atom is -0.464 e. The quantitative estimate of drug-likeness (QED) is 0.323.